The Kier molecular flexibility index (Phi) is 3.02. The zero-order valence-corrected chi connectivity index (χ0v) is 11.9. The van der Waals surface area contributed by atoms with E-state index in [-0.39, 0.29) is 5.69 Å². The summed E-state index contributed by atoms with van der Waals surface area (Å²) >= 11 is 0.981. The maximum atomic E-state index is 11.3. The van der Waals surface area contributed by atoms with Crippen LogP contribution in [0.1, 0.15) is 10.5 Å². The third kappa shape index (κ3) is 2.19. The molecule has 1 N–H and O–H groups in total. The Morgan fingerprint density at radius 3 is 2.81 bits per heavy atom. The highest BCUT2D eigenvalue weighted by atomic mass is 32.1. The molecule has 0 unspecified atom stereocenters. The highest BCUT2D eigenvalue weighted by Crippen LogP contribution is 2.35. The molecule has 0 spiro atoms. The molecular formula is C13H10N2O5S. The SMILES string of the molecule is COc1cc2sc(=O)oc2cc1-c1cc(C(=O)O)nn1C. The van der Waals surface area contributed by atoms with E-state index in [9.17, 15) is 9.59 Å². The van der Waals surface area contributed by atoms with E-state index in [0.717, 1.165) is 11.3 Å². The zero-order chi connectivity index (χ0) is 15.1. The van der Waals surface area contributed by atoms with Crippen molar-refractivity contribution in [2.45, 2.75) is 0 Å². The number of benzene rings is 1. The third-order valence-electron chi connectivity index (χ3n) is 3.03. The van der Waals surface area contributed by atoms with Crippen molar-refractivity contribution in [2.75, 3.05) is 7.11 Å². The fourth-order valence-corrected chi connectivity index (χ4v) is 2.77. The summed E-state index contributed by atoms with van der Waals surface area (Å²) in [6, 6.07) is 4.78. The van der Waals surface area contributed by atoms with Gasteiger partial charge >= 0.3 is 10.9 Å². The minimum Gasteiger partial charge on any atom is -0.496 e. The highest BCUT2D eigenvalue weighted by molar-refractivity contribution is 7.16. The molecule has 108 valence electrons. The van der Waals surface area contributed by atoms with Crippen molar-refractivity contribution in [3.8, 4) is 17.0 Å². The van der Waals surface area contributed by atoms with Gasteiger partial charge in [0.05, 0.1) is 17.5 Å². The van der Waals surface area contributed by atoms with E-state index in [0.29, 0.717) is 27.3 Å². The second kappa shape index (κ2) is 4.74. The number of aryl methyl sites for hydroxylation is 1. The molecular weight excluding hydrogens is 296 g/mol. The molecule has 0 aliphatic heterocycles. The Balaban J connectivity index is 2.27. The molecule has 21 heavy (non-hydrogen) atoms. The number of fused-ring (bicyclic) bond motifs is 1. The largest absolute Gasteiger partial charge is 0.496 e. The Hall–Kier alpha value is -2.61. The average Bonchev–Trinajstić information content (AvgIpc) is 2.98. The molecule has 7 nitrogen and oxygen atoms in total. The van der Waals surface area contributed by atoms with Gasteiger partial charge in [0.2, 0.25) is 0 Å². The van der Waals surface area contributed by atoms with Gasteiger partial charge in [0.25, 0.3) is 0 Å². The van der Waals surface area contributed by atoms with Crippen molar-refractivity contribution in [3.63, 3.8) is 0 Å². The lowest BCUT2D eigenvalue weighted by Gasteiger charge is -2.08. The summed E-state index contributed by atoms with van der Waals surface area (Å²) in [6.45, 7) is 0. The summed E-state index contributed by atoms with van der Waals surface area (Å²) in [5.41, 5.74) is 1.52. The predicted molar refractivity (Wildman–Crippen MR) is 76.1 cm³/mol. The molecule has 0 bridgehead atoms. The number of carboxylic acid groups (broad SMARTS) is 1. The topological polar surface area (TPSA) is 94.6 Å². The Morgan fingerprint density at radius 2 is 2.19 bits per heavy atom. The summed E-state index contributed by atoms with van der Waals surface area (Å²) < 4.78 is 12.5. The lowest BCUT2D eigenvalue weighted by atomic mass is 10.1. The Morgan fingerprint density at radius 1 is 1.43 bits per heavy atom. The number of hydrogen-bond acceptors (Lipinski definition) is 6. The number of carbonyl (C=O) groups is 1. The second-order valence-electron chi connectivity index (χ2n) is 4.30. The number of ether oxygens (including phenoxy) is 1. The summed E-state index contributed by atoms with van der Waals surface area (Å²) in [5, 5.41) is 12.9. The van der Waals surface area contributed by atoms with Gasteiger partial charge in [-0.2, -0.15) is 5.10 Å². The van der Waals surface area contributed by atoms with Crippen LogP contribution < -0.4 is 9.68 Å². The van der Waals surface area contributed by atoms with Crippen LogP contribution in [-0.4, -0.2) is 28.0 Å². The molecule has 2 aromatic heterocycles. The van der Waals surface area contributed by atoms with Crippen LogP contribution in [0.25, 0.3) is 21.5 Å². The molecule has 0 aliphatic rings. The minimum atomic E-state index is -1.11. The van der Waals surface area contributed by atoms with E-state index in [4.69, 9.17) is 14.3 Å². The molecule has 0 amide bonds. The number of nitrogens with zero attached hydrogens (tertiary/aromatic N) is 2. The van der Waals surface area contributed by atoms with Gasteiger partial charge in [-0.25, -0.2) is 9.59 Å². The van der Waals surface area contributed by atoms with Crippen LogP contribution in [-0.2, 0) is 7.05 Å². The van der Waals surface area contributed by atoms with Crippen LogP contribution in [0.4, 0.5) is 0 Å². The number of aromatic carboxylic acids is 1. The zero-order valence-electron chi connectivity index (χ0n) is 11.1. The first-order chi connectivity index (χ1) is 9.99. The van der Waals surface area contributed by atoms with Gasteiger partial charge in [-0.3, -0.25) is 4.68 Å². The quantitative estimate of drug-likeness (QED) is 0.795. The Labute approximate surface area is 122 Å². The summed E-state index contributed by atoms with van der Waals surface area (Å²) in [4.78, 5) is 21.9. The molecule has 3 rings (SSSR count). The summed E-state index contributed by atoms with van der Waals surface area (Å²) in [7, 11) is 3.14. The first-order valence-electron chi connectivity index (χ1n) is 5.89. The average molecular weight is 306 g/mol. The molecule has 2 heterocycles. The monoisotopic (exact) mass is 306 g/mol. The van der Waals surface area contributed by atoms with Crippen molar-refractivity contribution < 1.29 is 19.1 Å². The molecule has 0 atom stereocenters. The summed E-state index contributed by atoms with van der Waals surface area (Å²) in [5.74, 6) is -0.599. The van der Waals surface area contributed by atoms with Crippen LogP contribution in [0.3, 0.4) is 0 Å². The van der Waals surface area contributed by atoms with Crippen LogP contribution in [0, 0.1) is 0 Å². The third-order valence-corrected chi connectivity index (χ3v) is 3.82. The molecule has 8 heteroatoms. The highest BCUT2D eigenvalue weighted by Gasteiger charge is 2.18. The number of carboxylic acids is 1. The van der Waals surface area contributed by atoms with Gasteiger partial charge in [0.1, 0.15) is 11.3 Å². The van der Waals surface area contributed by atoms with Gasteiger partial charge in [0.15, 0.2) is 5.69 Å². The molecule has 0 aliphatic carbocycles. The van der Waals surface area contributed by atoms with Crippen molar-refractivity contribution in [1.29, 1.82) is 0 Å². The molecule has 0 fully saturated rings. The first kappa shape index (κ1) is 13.4. The lowest BCUT2D eigenvalue weighted by Crippen LogP contribution is -1.99. The molecule has 0 saturated heterocycles. The fourth-order valence-electron chi connectivity index (χ4n) is 2.09. The number of aromatic nitrogens is 2. The van der Waals surface area contributed by atoms with Gasteiger partial charge in [-0.05, 0) is 12.1 Å². The van der Waals surface area contributed by atoms with E-state index in [2.05, 4.69) is 5.10 Å². The predicted octanol–water partition coefficient (Wildman–Crippen LogP) is 1.96. The smallest absolute Gasteiger partial charge is 0.396 e. The minimum absolute atomic E-state index is 0.0681. The van der Waals surface area contributed by atoms with Crippen LogP contribution in [0.15, 0.2) is 27.4 Å². The Bertz CT molecular complexity index is 905. The molecule has 0 saturated carbocycles. The van der Waals surface area contributed by atoms with Crippen molar-refractivity contribution in [1.82, 2.24) is 9.78 Å². The number of methoxy groups -OCH3 is 1. The van der Waals surface area contributed by atoms with E-state index >= 15 is 0 Å². The van der Waals surface area contributed by atoms with Crippen molar-refractivity contribution in [2.24, 2.45) is 7.05 Å². The molecule has 1 aromatic carbocycles. The van der Waals surface area contributed by atoms with Gasteiger partial charge in [0, 0.05) is 18.7 Å². The van der Waals surface area contributed by atoms with Gasteiger partial charge in [-0.1, -0.05) is 11.3 Å². The van der Waals surface area contributed by atoms with E-state index < -0.39 is 10.9 Å². The fraction of sp³-hybridized carbons (Fsp3) is 0.154. The van der Waals surface area contributed by atoms with E-state index in [1.807, 2.05) is 0 Å². The maximum Gasteiger partial charge on any atom is 0.396 e. The molecule has 3 aromatic rings. The van der Waals surface area contributed by atoms with Crippen molar-refractivity contribution >= 4 is 27.6 Å². The van der Waals surface area contributed by atoms with E-state index in [1.165, 1.54) is 17.9 Å². The lowest BCUT2D eigenvalue weighted by molar-refractivity contribution is 0.0689. The van der Waals surface area contributed by atoms with Gasteiger partial charge < -0.3 is 14.3 Å². The summed E-state index contributed by atoms with van der Waals surface area (Å²) in [6.07, 6.45) is 0. The second-order valence-corrected chi connectivity index (χ2v) is 5.27. The molecule has 0 radical (unpaired) electrons. The normalized spacial score (nSPS) is 11.0. The van der Waals surface area contributed by atoms with Crippen LogP contribution in [0.5, 0.6) is 5.75 Å². The van der Waals surface area contributed by atoms with E-state index in [1.54, 1.807) is 19.2 Å². The van der Waals surface area contributed by atoms with Crippen molar-refractivity contribution in [3.05, 3.63) is 33.6 Å². The van der Waals surface area contributed by atoms with Crippen LogP contribution in [0.2, 0.25) is 0 Å². The number of hydrogen-bond donors (Lipinski definition) is 1. The standard InChI is InChI=1S/C13H10N2O5S/c1-15-8(4-7(14-15)12(16)17)6-3-10-11(5-9(6)19-2)21-13(18)20-10/h3-5H,1-2H3,(H,16,17). The van der Waals surface area contributed by atoms with Crippen LogP contribution >= 0.6 is 11.3 Å². The first-order valence-corrected chi connectivity index (χ1v) is 6.70. The number of rotatable bonds is 3. The van der Waals surface area contributed by atoms with Gasteiger partial charge in [-0.15, -0.1) is 0 Å². The maximum absolute atomic E-state index is 11.3.